The standard InChI is InChI=1S/C17H15ClF3N3O2/c18-9-7-22-17(23-8-9)26-11-3-1-10(2-4-11)24-16(25)12-5-6-13(19)15(21)14(12)20/h5-8,10-11H,1-4H2,(H,24,25). The molecule has 0 bridgehead atoms. The third-order valence-corrected chi connectivity index (χ3v) is 4.35. The average molecular weight is 386 g/mol. The van der Waals surface area contributed by atoms with E-state index in [-0.39, 0.29) is 18.2 Å². The van der Waals surface area contributed by atoms with Crippen molar-refractivity contribution in [2.24, 2.45) is 0 Å². The molecule has 1 heterocycles. The molecule has 3 rings (SSSR count). The molecule has 0 atom stereocenters. The highest BCUT2D eigenvalue weighted by atomic mass is 35.5. The first-order chi connectivity index (χ1) is 12.4. The first-order valence-electron chi connectivity index (χ1n) is 8.02. The number of halogens is 4. The number of hydrogen-bond acceptors (Lipinski definition) is 4. The zero-order valence-electron chi connectivity index (χ0n) is 13.5. The summed E-state index contributed by atoms with van der Waals surface area (Å²) in [6.07, 6.45) is 5.22. The lowest BCUT2D eigenvalue weighted by atomic mass is 9.92. The van der Waals surface area contributed by atoms with Crippen LogP contribution in [0.4, 0.5) is 13.2 Å². The van der Waals surface area contributed by atoms with E-state index >= 15 is 0 Å². The fraction of sp³-hybridized carbons (Fsp3) is 0.353. The summed E-state index contributed by atoms with van der Waals surface area (Å²) < 4.78 is 45.5. The smallest absolute Gasteiger partial charge is 0.316 e. The Morgan fingerprint density at radius 3 is 2.38 bits per heavy atom. The van der Waals surface area contributed by atoms with Gasteiger partial charge in [0.15, 0.2) is 17.5 Å². The summed E-state index contributed by atoms with van der Waals surface area (Å²) in [6.45, 7) is 0. The Bertz CT molecular complexity index is 797. The molecule has 9 heteroatoms. The zero-order chi connectivity index (χ0) is 18.7. The Morgan fingerprint density at radius 2 is 1.73 bits per heavy atom. The highest BCUT2D eigenvalue weighted by molar-refractivity contribution is 6.30. The number of ether oxygens (including phenoxy) is 1. The summed E-state index contributed by atoms with van der Waals surface area (Å²) in [5.41, 5.74) is -0.517. The molecule has 1 aromatic heterocycles. The lowest BCUT2D eigenvalue weighted by Crippen LogP contribution is -2.40. The summed E-state index contributed by atoms with van der Waals surface area (Å²) in [6, 6.07) is 1.67. The van der Waals surface area contributed by atoms with Gasteiger partial charge in [0.2, 0.25) is 0 Å². The number of aromatic nitrogens is 2. The minimum Gasteiger partial charge on any atom is -0.460 e. The van der Waals surface area contributed by atoms with Crippen LogP contribution >= 0.6 is 11.6 Å². The van der Waals surface area contributed by atoms with Gasteiger partial charge in [-0.3, -0.25) is 4.79 Å². The topological polar surface area (TPSA) is 64.1 Å². The Kier molecular flexibility index (Phi) is 5.61. The second kappa shape index (κ2) is 7.90. The molecule has 5 nitrogen and oxygen atoms in total. The van der Waals surface area contributed by atoms with Crippen molar-refractivity contribution in [2.45, 2.75) is 37.8 Å². The van der Waals surface area contributed by atoms with Gasteiger partial charge in [-0.1, -0.05) is 11.6 Å². The summed E-state index contributed by atoms with van der Waals surface area (Å²) in [5.74, 6) is -5.25. The van der Waals surface area contributed by atoms with Gasteiger partial charge >= 0.3 is 6.01 Å². The van der Waals surface area contributed by atoms with Crippen LogP contribution in [-0.4, -0.2) is 28.0 Å². The van der Waals surface area contributed by atoms with E-state index in [2.05, 4.69) is 15.3 Å². The normalized spacial score (nSPS) is 19.8. The minimum atomic E-state index is -1.65. The number of nitrogens with zero attached hydrogens (tertiary/aromatic N) is 2. The molecule has 1 fully saturated rings. The second-order valence-corrected chi connectivity index (χ2v) is 6.41. The van der Waals surface area contributed by atoms with Crippen molar-refractivity contribution in [2.75, 3.05) is 0 Å². The second-order valence-electron chi connectivity index (χ2n) is 5.97. The van der Waals surface area contributed by atoms with E-state index < -0.39 is 28.9 Å². The highest BCUT2D eigenvalue weighted by Crippen LogP contribution is 2.23. The lowest BCUT2D eigenvalue weighted by molar-refractivity contribution is 0.0880. The molecule has 138 valence electrons. The number of carbonyl (C=O) groups is 1. The maximum absolute atomic E-state index is 13.7. The minimum absolute atomic E-state index is 0.107. The van der Waals surface area contributed by atoms with Crippen LogP contribution in [0.15, 0.2) is 24.5 Å². The van der Waals surface area contributed by atoms with E-state index in [0.717, 1.165) is 12.1 Å². The monoisotopic (exact) mass is 385 g/mol. The van der Waals surface area contributed by atoms with Gasteiger partial charge in [0.1, 0.15) is 6.10 Å². The van der Waals surface area contributed by atoms with Gasteiger partial charge in [0.25, 0.3) is 5.91 Å². The maximum Gasteiger partial charge on any atom is 0.316 e. The van der Waals surface area contributed by atoms with Gasteiger partial charge in [-0.25, -0.2) is 23.1 Å². The van der Waals surface area contributed by atoms with Crippen LogP contribution < -0.4 is 10.1 Å². The number of benzene rings is 1. The predicted octanol–water partition coefficient (Wildman–Crippen LogP) is 3.67. The Hall–Kier alpha value is -2.35. The summed E-state index contributed by atoms with van der Waals surface area (Å²) in [7, 11) is 0. The van der Waals surface area contributed by atoms with Crippen LogP contribution in [0.3, 0.4) is 0 Å². The molecule has 26 heavy (non-hydrogen) atoms. The van der Waals surface area contributed by atoms with Gasteiger partial charge in [-0.2, -0.15) is 0 Å². The van der Waals surface area contributed by atoms with E-state index in [1.54, 1.807) is 0 Å². The molecule has 1 N–H and O–H groups in total. The molecule has 0 aliphatic heterocycles. The van der Waals surface area contributed by atoms with E-state index in [0.29, 0.717) is 30.7 Å². The Balaban J connectivity index is 1.53. The Morgan fingerprint density at radius 1 is 1.08 bits per heavy atom. The van der Waals surface area contributed by atoms with E-state index in [9.17, 15) is 18.0 Å². The molecule has 0 spiro atoms. The van der Waals surface area contributed by atoms with E-state index in [4.69, 9.17) is 16.3 Å². The molecule has 0 unspecified atom stereocenters. The zero-order valence-corrected chi connectivity index (χ0v) is 14.3. The summed E-state index contributed by atoms with van der Waals surface area (Å²) in [5, 5.41) is 3.05. The molecule has 1 amide bonds. The molecular weight excluding hydrogens is 371 g/mol. The predicted molar refractivity (Wildman–Crippen MR) is 87.5 cm³/mol. The first-order valence-corrected chi connectivity index (χ1v) is 8.40. The summed E-state index contributed by atoms with van der Waals surface area (Å²) in [4.78, 5) is 20.0. The van der Waals surface area contributed by atoms with Crippen molar-refractivity contribution in [1.82, 2.24) is 15.3 Å². The van der Waals surface area contributed by atoms with Crippen LogP contribution in [0.5, 0.6) is 6.01 Å². The van der Waals surface area contributed by atoms with Crippen molar-refractivity contribution in [3.63, 3.8) is 0 Å². The highest BCUT2D eigenvalue weighted by Gasteiger charge is 2.26. The van der Waals surface area contributed by atoms with Crippen LogP contribution in [0.1, 0.15) is 36.0 Å². The van der Waals surface area contributed by atoms with Gasteiger partial charge in [-0.15, -0.1) is 0 Å². The van der Waals surface area contributed by atoms with Gasteiger partial charge in [-0.05, 0) is 37.8 Å². The fourth-order valence-corrected chi connectivity index (χ4v) is 2.90. The average Bonchev–Trinajstić information content (AvgIpc) is 2.63. The number of hydrogen-bond donors (Lipinski definition) is 1. The SMILES string of the molecule is O=C(NC1CCC(Oc2ncc(Cl)cn2)CC1)c1ccc(F)c(F)c1F. The van der Waals surface area contributed by atoms with Crippen LogP contribution in [-0.2, 0) is 0 Å². The fourth-order valence-electron chi connectivity index (χ4n) is 2.80. The number of rotatable bonds is 4. The molecular formula is C17H15ClF3N3O2. The number of amides is 1. The molecule has 1 aromatic carbocycles. The lowest BCUT2D eigenvalue weighted by Gasteiger charge is -2.28. The Labute approximate surface area is 152 Å². The maximum atomic E-state index is 13.7. The third kappa shape index (κ3) is 4.24. The van der Waals surface area contributed by atoms with Crippen LogP contribution in [0.25, 0.3) is 0 Å². The third-order valence-electron chi connectivity index (χ3n) is 4.16. The molecule has 1 aliphatic carbocycles. The molecule has 0 saturated heterocycles. The van der Waals surface area contributed by atoms with Crippen molar-refractivity contribution >= 4 is 17.5 Å². The van der Waals surface area contributed by atoms with Crippen molar-refractivity contribution in [3.05, 3.63) is 52.6 Å². The molecule has 1 saturated carbocycles. The quantitative estimate of drug-likeness (QED) is 0.816. The molecule has 2 aromatic rings. The van der Waals surface area contributed by atoms with Crippen molar-refractivity contribution in [3.8, 4) is 6.01 Å². The van der Waals surface area contributed by atoms with E-state index in [1.165, 1.54) is 12.4 Å². The molecule has 1 aliphatic rings. The summed E-state index contributed by atoms with van der Waals surface area (Å²) >= 11 is 5.71. The molecule has 0 radical (unpaired) electrons. The number of nitrogens with one attached hydrogen (secondary N) is 1. The first kappa shape index (κ1) is 18.4. The van der Waals surface area contributed by atoms with Crippen LogP contribution in [0.2, 0.25) is 5.02 Å². The van der Waals surface area contributed by atoms with Crippen LogP contribution in [0, 0.1) is 17.5 Å². The number of carbonyl (C=O) groups excluding carboxylic acids is 1. The van der Waals surface area contributed by atoms with E-state index in [1.807, 2.05) is 0 Å². The van der Waals surface area contributed by atoms with Crippen molar-refractivity contribution < 1.29 is 22.7 Å². The van der Waals surface area contributed by atoms with Gasteiger partial charge in [0.05, 0.1) is 23.0 Å². The van der Waals surface area contributed by atoms with Gasteiger partial charge in [0, 0.05) is 6.04 Å². The van der Waals surface area contributed by atoms with Crippen molar-refractivity contribution in [1.29, 1.82) is 0 Å². The van der Waals surface area contributed by atoms with Gasteiger partial charge < -0.3 is 10.1 Å². The largest absolute Gasteiger partial charge is 0.460 e.